The molecule has 28 heavy (non-hydrogen) atoms. The number of hydrogen-bond donors (Lipinski definition) is 1. The van der Waals surface area contributed by atoms with Crippen molar-refractivity contribution in [3.63, 3.8) is 0 Å². The van der Waals surface area contributed by atoms with Gasteiger partial charge < -0.3 is 14.6 Å². The van der Waals surface area contributed by atoms with Crippen molar-refractivity contribution in [2.24, 2.45) is 0 Å². The van der Waals surface area contributed by atoms with Gasteiger partial charge in [0.25, 0.3) is 5.91 Å². The minimum atomic E-state index is -2.29. The lowest BCUT2D eigenvalue weighted by molar-refractivity contribution is -0.148. The number of ketones is 1. The Morgan fingerprint density at radius 3 is 2.39 bits per heavy atom. The van der Waals surface area contributed by atoms with E-state index in [0.717, 1.165) is 5.39 Å². The third kappa shape index (κ3) is 2.31. The number of carbonyl (C=O) groups is 2. The van der Waals surface area contributed by atoms with Crippen molar-refractivity contribution in [1.29, 1.82) is 0 Å². The molecule has 6 heteroatoms. The maximum Gasteiger partial charge on any atom is 0.276 e. The van der Waals surface area contributed by atoms with Crippen LogP contribution in [0.1, 0.15) is 12.5 Å². The van der Waals surface area contributed by atoms with E-state index in [2.05, 4.69) is 0 Å². The molecule has 0 unspecified atom stereocenters. The van der Waals surface area contributed by atoms with E-state index in [1.165, 1.54) is 26.0 Å². The molecular formula is C22H19NO5. The Morgan fingerprint density at radius 1 is 1.00 bits per heavy atom. The number of benzene rings is 3. The van der Waals surface area contributed by atoms with Crippen LogP contribution >= 0.6 is 0 Å². The molecule has 142 valence electrons. The van der Waals surface area contributed by atoms with Gasteiger partial charge in [-0.15, -0.1) is 0 Å². The summed E-state index contributed by atoms with van der Waals surface area (Å²) >= 11 is 0. The van der Waals surface area contributed by atoms with Crippen LogP contribution in [0.2, 0.25) is 0 Å². The van der Waals surface area contributed by atoms with Crippen molar-refractivity contribution in [2.75, 3.05) is 19.1 Å². The smallest absolute Gasteiger partial charge is 0.276 e. The minimum absolute atomic E-state index is 0.257. The quantitative estimate of drug-likeness (QED) is 0.706. The molecule has 0 fully saturated rings. The second-order valence-electron chi connectivity index (χ2n) is 6.63. The summed E-state index contributed by atoms with van der Waals surface area (Å²) < 4.78 is 10.7. The predicted octanol–water partition coefficient (Wildman–Crippen LogP) is 3.31. The van der Waals surface area contributed by atoms with Crippen LogP contribution < -0.4 is 14.4 Å². The molecule has 0 aromatic heterocycles. The zero-order valence-corrected chi connectivity index (χ0v) is 15.7. The fourth-order valence-electron chi connectivity index (χ4n) is 3.74. The molecule has 0 saturated heterocycles. The lowest BCUT2D eigenvalue weighted by Gasteiger charge is -2.22. The maximum atomic E-state index is 13.4. The summed E-state index contributed by atoms with van der Waals surface area (Å²) in [5.41, 5.74) is -1.14. The molecular weight excluding hydrogens is 358 g/mol. The van der Waals surface area contributed by atoms with E-state index in [0.29, 0.717) is 28.3 Å². The molecule has 1 aliphatic rings. The molecule has 4 rings (SSSR count). The molecule has 0 bridgehead atoms. The number of fused-ring (bicyclic) bond motifs is 3. The maximum absolute atomic E-state index is 13.4. The van der Waals surface area contributed by atoms with E-state index >= 15 is 0 Å². The van der Waals surface area contributed by atoms with Crippen molar-refractivity contribution in [1.82, 2.24) is 0 Å². The van der Waals surface area contributed by atoms with E-state index in [1.54, 1.807) is 42.5 Å². The van der Waals surface area contributed by atoms with E-state index in [4.69, 9.17) is 9.47 Å². The number of amides is 1. The van der Waals surface area contributed by atoms with Gasteiger partial charge in [0.2, 0.25) is 5.60 Å². The number of aliphatic hydroxyl groups is 1. The number of nitrogens with zero attached hydrogens (tertiary/aromatic N) is 1. The number of Topliss-reactive ketones (excluding diaryl/α,β-unsaturated/α-hetero) is 1. The number of rotatable bonds is 4. The molecule has 0 saturated carbocycles. The zero-order valence-electron chi connectivity index (χ0n) is 15.7. The van der Waals surface area contributed by atoms with Crippen LogP contribution in [0.25, 0.3) is 10.8 Å². The van der Waals surface area contributed by atoms with Gasteiger partial charge in [-0.1, -0.05) is 24.3 Å². The number of methoxy groups -OCH3 is 2. The molecule has 0 spiro atoms. The first-order valence-corrected chi connectivity index (χ1v) is 8.75. The Balaban J connectivity index is 2.09. The third-order valence-electron chi connectivity index (χ3n) is 5.16. The first kappa shape index (κ1) is 18.0. The highest BCUT2D eigenvalue weighted by Crippen LogP contribution is 2.50. The molecule has 1 atom stereocenters. The van der Waals surface area contributed by atoms with Gasteiger partial charge in [-0.3, -0.25) is 14.5 Å². The number of carbonyl (C=O) groups excluding carboxylic acids is 2. The third-order valence-corrected chi connectivity index (χ3v) is 5.16. The summed E-state index contributed by atoms with van der Waals surface area (Å²) in [7, 11) is 3.04. The van der Waals surface area contributed by atoms with Crippen molar-refractivity contribution < 1.29 is 24.2 Å². The van der Waals surface area contributed by atoms with Crippen molar-refractivity contribution in [3.05, 3.63) is 60.2 Å². The fourth-order valence-corrected chi connectivity index (χ4v) is 3.74. The van der Waals surface area contributed by atoms with Crippen LogP contribution in [0.15, 0.2) is 54.6 Å². The zero-order chi connectivity index (χ0) is 20.1. The lowest BCUT2D eigenvalue weighted by Crippen LogP contribution is -2.43. The van der Waals surface area contributed by atoms with E-state index in [9.17, 15) is 14.7 Å². The van der Waals surface area contributed by atoms with E-state index in [-0.39, 0.29) is 5.56 Å². The van der Waals surface area contributed by atoms with Crippen molar-refractivity contribution in [3.8, 4) is 11.5 Å². The highest BCUT2D eigenvalue weighted by atomic mass is 16.5. The Labute approximate surface area is 161 Å². The molecule has 1 heterocycles. The number of ether oxygens (including phenoxy) is 2. The SMILES string of the molecule is COc1ccc2ccc3c(c2c1)[C@](O)(C(C)=O)C(=O)N3c1ccccc1OC. The average molecular weight is 377 g/mol. The van der Waals surface area contributed by atoms with E-state index in [1.807, 2.05) is 12.1 Å². The molecule has 3 aromatic rings. The van der Waals surface area contributed by atoms with Crippen LogP contribution in [0.5, 0.6) is 11.5 Å². The Bertz CT molecular complexity index is 1120. The molecule has 6 nitrogen and oxygen atoms in total. The Morgan fingerprint density at radius 2 is 1.71 bits per heavy atom. The van der Waals surface area contributed by atoms with Crippen LogP contribution in [0, 0.1) is 0 Å². The monoisotopic (exact) mass is 377 g/mol. The van der Waals surface area contributed by atoms with Crippen LogP contribution in [-0.2, 0) is 15.2 Å². The van der Waals surface area contributed by atoms with Crippen LogP contribution in [0.4, 0.5) is 11.4 Å². The largest absolute Gasteiger partial charge is 0.497 e. The topological polar surface area (TPSA) is 76.1 Å². The van der Waals surface area contributed by atoms with Gasteiger partial charge in [0.1, 0.15) is 11.5 Å². The fraction of sp³-hybridized carbons (Fsp3) is 0.182. The minimum Gasteiger partial charge on any atom is -0.497 e. The number of para-hydroxylation sites is 2. The van der Waals surface area contributed by atoms with Crippen molar-refractivity contribution >= 4 is 33.8 Å². The van der Waals surface area contributed by atoms with Crippen LogP contribution in [0.3, 0.4) is 0 Å². The molecule has 1 N–H and O–H groups in total. The predicted molar refractivity (Wildman–Crippen MR) is 105 cm³/mol. The standard InChI is InChI=1S/C22H19NO5/c1-13(24)22(26)20-16-12-15(27-2)10-8-14(16)9-11-18(20)23(21(22)25)17-6-4-5-7-19(17)28-3/h4-12,26H,1-3H3/t22-/m1/s1. The Hall–Kier alpha value is -3.38. The van der Waals surface area contributed by atoms with Gasteiger partial charge in [-0.25, -0.2) is 0 Å². The van der Waals surface area contributed by atoms with Gasteiger partial charge in [0.05, 0.1) is 25.6 Å². The number of hydrogen-bond acceptors (Lipinski definition) is 5. The highest BCUT2D eigenvalue weighted by molar-refractivity contribution is 6.26. The summed E-state index contributed by atoms with van der Waals surface area (Å²) in [6, 6.07) is 15.9. The van der Waals surface area contributed by atoms with Crippen LogP contribution in [-0.4, -0.2) is 31.0 Å². The molecule has 3 aromatic carbocycles. The van der Waals surface area contributed by atoms with Crippen molar-refractivity contribution in [2.45, 2.75) is 12.5 Å². The van der Waals surface area contributed by atoms with Gasteiger partial charge in [-0.05, 0) is 48.0 Å². The number of anilines is 2. The lowest BCUT2D eigenvalue weighted by atomic mass is 9.87. The first-order valence-electron chi connectivity index (χ1n) is 8.75. The van der Waals surface area contributed by atoms with Gasteiger partial charge in [0.15, 0.2) is 5.78 Å². The molecule has 0 aliphatic carbocycles. The summed E-state index contributed by atoms with van der Waals surface area (Å²) in [6.45, 7) is 1.21. The highest BCUT2D eigenvalue weighted by Gasteiger charge is 2.55. The summed E-state index contributed by atoms with van der Waals surface area (Å²) in [4.78, 5) is 27.2. The molecule has 0 radical (unpaired) electrons. The molecule has 1 aliphatic heterocycles. The van der Waals surface area contributed by atoms with E-state index < -0.39 is 17.3 Å². The average Bonchev–Trinajstić information content (AvgIpc) is 2.96. The summed E-state index contributed by atoms with van der Waals surface area (Å²) in [5, 5.41) is 12.7. The van der Waals surface area contributed by atoms with Gasteiger partial charge >= 0.3 is 0 Å². The summed E-state index contributed by atoms with van der Waals surface area (Å²) in [6.07, 6.45) is 0. The molecule has 1 amide bonds. The van der Waals surface area contributed by atoms with Gasteiger partial charge in [-0.2, -0.15) is 0 Å². The second-order valence-corrected chi connectivity index (χ2v) is 6.63. The normalized spacial score (nSPS) is 18.3. The second kappa shape index (κ2) is 6.35. The first-order chi connectivity index (χ1) is 13.4. The summed E-state index contributed by atoms with van der Waals surface area (Å²) in [5.74, 6) is -0.350. The van der Waals surface area contributed by atoms with Gasteiger partial charge in [0, 0.05) is 5.56 Å². The Kier molecular flexibility index (Phi) is 4.08.